The van der Waals surface area contributed by atoms with E-state index in [0.29, 0.717) is 11.4 Å². The molecule has 3 N–H and O–H groups in total. The molecule has 2 aromatic rings. The van der Waals surface area contributed by atoms with Crippen molar-refractivity contribution in [3.05, 3.63) is 59.2 Å². The van der Waals surface area contributed by atoms with Crippen molar-refractivity contribution in [2.24, 2.45) is 0 Å². The number of anilines is 1. The molecule has 0 spiro atoms. The number of rotatable bonds is 5. The number of nitrogens with one attached hydrogen (secondary N) is 2. The van der Waals surface area contributed by atoms with E-state index in [0.717, 1.165) is 11.1 Å². The van der Waals surface area contributed by atoms with Crippen LogP contribution in [0, 0.1) is 13.8 Å². The number of benzene rings is 2. The maximum absolute atomic E-state index is 11.7. The molecule has 0 unspecified atom stereocenters. The standard InChI is InChI=1S/C17H18N2O4/c1-11-3-8-15(12(2)9-11)23-10-18-17(22)19-14-6-4-13(5-7-14)16(20)21/h3-9H,10H2,1-2H3,(H,20,21)(H2,18,19,22). The molecule has 0 atom stereocenters. The van der Waals surface area contributed by atoms with Crippen LogP contribution in [0.5, 0.6) is 5.75 Å². The highest BCUT2D eigenvalue weighted by Gasteiger charge is 2.05. The summed E-state index contributed by atoms with van der Waals surface area (Å²) in [4.78, 5) is 22.5. The Balaban J connectivity index is 1.82. The summed E-state index contributed by atoms with van der Waals surface area (Å²) in [6.45, 7) is 3.97. The summed E-state index contributed by atoms with van der Waals surface area (Å²) < 4.78 is 5.50. The Kier molecular flexibility index (Phi) is 5.19. The Morgan fingerprint density at radius 3 is 2.39 bits per heavy atom. The summed E-state index contributed by atoms with van der Waals surface area (Å²) in [6.07, 6.45) is 0. The first-order chi connectivity index (χ1) is 11.0. The molecular weight excluding hydrogens is 296 g/mol. The number of amides is 2. The molecule has 0 saturated carbocycles. The van der Waals surface area contributed by atoms with Crippen molar-refractivity contribution in [2.75, 3.05) is 12.0 Å². The Labute approximate surface area is 134 Å². The van der Waals surface area contributed by atoms with Crippen LogP contribution < -0.4 is 15.4 Å². The largest absolute Gasteiger partial charge is 0.478 e. The molecule has 6 nitrogen and oxygen atoms in total. The zero-order valence-corrected chi connectivity index (χ0v) is 12.9. The maximum atomic E-state index is 11.7. The van der Waals surface area contributed by atoms with Gasteiger partial charge in [0.1, 0.15) is 5.75 Å². The SMILES string of the molecule is Cc1ccc(OCNC(=O)Nc2ccc(C(=O)O)cc2)c(C)c1. The molecule has 0 aliphatic heterocycles. The molecule has 120 valence electrons. The summed E-state index contributed by atoms with van der Waals surface area (Å²) >= 11 is 0. The molecule has 0 heterocycles. The summed E-state index contributed by atoms with van der Waals surface area (Å²) in [7, 11) is 0. The van der Waals surface area contributed by atoms with Crippen molar-refractivity contribution in [1.82, 2.24) is 5.32 Å². The number of hydrogen-bond acceptors (Lipinski definition) is 3. The fourth-order valence-electron chi connectivity index (χ4n) is 2.01. The Morgan fingerprint density at radius 1 is 1.09 bits per heavy atom. The molecule has 2 amide bonds. The number of aromatic carboxylic acids is 1. The van der Waals surface area contributed by atoms with Crippen molar-refractivity contribution < 1.29 is 19.4 Å². The number of carboxylic acids is 1. The fourth-order valence-corrected chi connectivity index (χ4v) is 2.01. The average Bonchev–Trinajstić information content (AvgIpc) is 2.50. The van der Waals surface area contributed by atoms with Gasteiger partial charge in [0, 0.05) is 5.69 Å². The number of carboxylic acid groups (broad SMARTS) is 1. The van der Waals surface area contributed by atoms with E-state index in [2.05, 4.69) is 10.6 Å². The quantitative estimate of drug-likeness (QED) is 0.740. The second-order valence-corrected chi connectivity index (χ2v) is 5.07. The lowest BCUT2D eigenvalue weighted by atomic mass is 10.1. The van der Waals surface area contributed by atoms with Gasteiger partial charge in [-0.25, -0.2) is 9.59 Å². The smallest absolute Gasteiger partial charge is 0.335 e. The van der Waals surface area contributed by atoms with Gasteiger partial charge >= 0.3 is 12.0 Å². The minimum absolute atomic E-state index is 0.0307. The predicted octanol–water partition coefficient (Wildman–Crippen LogP) is 3.16. The van der Waals surface area contributed by atoms with Gasteiger partial charge in [0.05, 0.1) is 5.56 Å². The highest BCUT2D eigenvalue weighted by atomic mass is 16.5. The van der Waals surface area contributed by atoms with Gasteiger partial charge in [0.15, 0.2) is 6.73 Å². The monoisotopic (exact) mass is 314 g/mol. The van der Waals surface area contributed by atoms with E-state index in [-0.39, 0.29) is 12.3 Å². The van der Waals surface area contributed by atoms with Gasteiger partial charge < -0.3 is 20.5 Å². The van der Waals surface area contributed by atoms with Crippen LogP contribution in [0.3, 0.4) is 0 Å². The van der Waals surface area contributed by atoms with Crippen LogP contribution in [0.15, 0.2) is 42.5 Å². The topological polar surface area (TPSA) is 87.7 Å². The van der Waals surface area contributed by atoms with Crippen molar-refractivity contribution in [2.45, 2.75) is 13.8 Å². The van der Waals surface area contributed by atoms with Crippen LogP contribution in [0.2, 0.25) is 0 Å². The van der Waals surface area contributed by atoms with Crippen LogP contribution >= 0.6 is 0 Å². The van der Waals surface area contributed by atoms with E-state index >= 15 is 0 Å². The molecule has 23 heavy (non-hydrogen) atoms. The molecule has 0 bridgehead atoms. The first-order valence-electron chi connectivity index (χ1n) is 7.04. The van der Waals surface area contributed by atoms with E-state index < -0.39 is 12.0 Å². The number of hydrogen-bond donors (Lipinski definition) is 3. The Hall–Kier alpha value is -3.02. The lowest BCUT2D eigenvalue weighted by molar-refractivity contribution is 0.0697. The van der Waals surface area contributed by atoms with Gasteiger partial charge in [-0.2, -0.15) is 0 Å². The molecule has 0 aliphatic rings. The van der Waals surface area contributed by atoms with Gasteiger partial charge in [-0.05, 0) is 49.7 Å². The van der Waals surface area contributed by atoms with E-state index in [1.54, 1.807) is 0 Å². The van der Waals surface area contributed by atoms with E-state index in [1.165, 1.54) is 24.3 Å². The third kappa shape index (κ3) is 4.74. The first kappa shape index (κ1) is 16.4. The average molecular weight is 314 g/mol. The van der Waals surface area contributed by atoms with Gasteiger partial charge in [-0.1, -0.05) is 17.7 Å². The van der Waals surface area contributed by atoms with Crippen molar-refractivity contribution in [3.63, 3.8) is 0 Å². The fraction of sp³-hybridized carbons (Fsp3) is 0.176. The first-order valence-corrected chi connectivity index (χ1v) is 7.04. The minimum Gasteiger partial charge on any atom is -0.478 e. The minimum atomic E-state index is -1.01. The predicted molar refractivity (Wildman–Crippen MR) is 87.0 cm³/mol. The molecule has 0 saturated heterocycles. The molecule has 0 fully saturated rings. The lowest BCUT2D eigenvalue weighted by Gasteiger charge is -2.11. The van der Waals surface area contributed by atoms with Gasteiger partial charge in [-0.3, -0.25) is 0 Å². The van der Waals surface area contributed by atoms with E-state index in [1.807, 2.05) is 32.0 Å². The maximum Gasteiger partial charge on any atom is 0.335 e. The summed E-state index contributed by atoms with van der Waals surface area (Å²) in [5.74, 6) is -0.301. The van der Waals surface area contributed by atoms with Crippen LogP contribution in [0.4, 0.5) is 10.5 Å². The van der Waals surface area contributed by atoms with Crippen LogP contribution in [0.25, 0.3) is 0 Å². The number of ether oxygens (including phenoxy) is 1. The van der Waals surface area contributed by atoms with Crippen LogP contribution in [-0.2, 0) is 0 Å². The molecule has 0 aliphatic carbocycles. The van der Waals surface area contributed by atoms with Crippen molar-refractivity contribution in [3.8, 4) is 5.75 Å². The molecule has 6 heteroatoms. The van der Waals surface area contributed by atoms with E-state index in [9.17, 15) is 9.59 Å². The Bertz CT molecular complexity index is 711. The second-order valence-electron chi connectivity index (χ2n) is 5.07. The summed E-state index contributed by atoms with van der Waals surface area (Å²) in [6, 6.07) is 11.2. The highest BCUT2D eigenvalue weighted by Crippen LogP contribution is 2.18. The van der Waals surface area contributed by atoms with Crippen molar-refractivity contribution in [1.29, 1.82) is 0 Å². The molecular formula is C17H18N2O4. The van der Waals surface area contributed by atoms with Crippen LogP contribution in [-0.4, -0.2) is 23.8 Å². The molecule has 0 aromatic heterocycles. The molecule has 2 rings (SSSR count). The second kappa shape index (κ2) is 7.31. The van der Waals surface area contributed by atoms with Gasteiger partial charge in [-0.15, -0.1) is 0 Å². The normalized spacial score (nSPS) is 10.0. The number of urea groups is 1. The number of carbonyl (C=O) groups excluding carboxylic acids is 1. The zero-order valence-electron chi connectivity index (χ0n) is 12.9. The van der Waals surface area contributed by atoms with Crippen LogP contribution in [0.1, 0.15) is 21.5 Å². The van der Waals surface area contributed by atoms with Crippen molar-refractivity contribution >= 4 is 17.7 Å². The van der Waals surface area contributed by atoms with E-state index in [4.69, 9.17) is 9.84 Å². The number of carbonyl (C=O) groups is 2. The third-order valence-corrected chi connectivity index (χ3v) is 3.18. The molecule has 2 aromatic carbocycles. The summed E-state index contributed by atoms with van der Waals surface area (Å²) in [5.41, 5.74) is 2.80. The van der Waals surface area contributed by atoms with Gasteiger partial charge in [0.2, 0.25) is 0 Å². The third-order valence-electron chi connectivity index (χ3n) is 3.18. The Morgan fingerprint density at radius 2 is 1.78 bits per heavy atom. The molecule has 0 radical (unpaired) electrons. The summed E-state index contributed by atoms with van der Waals surface area (Å²) in [5, 5.41) is 14.0. The van der Waals surface area contributed by atoms with Gasteiger partial charge in [0.25, 0.3) is 0 Å². The lowest BCUT2D eigenvalue weighted by Crippen LogP contribution is -2.32. The zero-order chi connectivity index (χ0) is 16.8. The highest BCUT2D eigenvalue weighted by molar-refractivity contribution is 5.91. The number of aryl methyl sites for hydroxylation is 2.